The number of hydrogen-bond acceptors (Lipinski definition) is 2. The van der Waals surface area contributed by atoms with Gasteiger partial charge in [0.05, 0.1) is 5.69 Å². The Morgan fingerprint density at radius 3 is 2.69 bits per heavy atom. The third-order valence-corrected chi connectivity index (χ3v) is 2.70. The number of aromatic nitrogens is 1. The van der Waals surface area contributed by atoms with Crippen LogP contribution in [0.2, 0.25) is 0 Å². The van der Waals surface area contributed by atoms with Crippen LogP contribution in [0.4, 0.5) is 0 Å². The summed E-state index contributed by atoms with van der Waals surface area (Å²) in [5.74, 6) is 0. The summed E-state index contributed by atoms with van der Waals surface area (Å²) in [6.07, 6.45) is 4.90. The van der Waals surface area contributed by atoms with E-state index in [0.717, 1.165) is 28.8 Å². The van der Waals surface area contributed by atoms with E-state index >= 15 is 0 Å². The van der Waals surface area contributed by atoms with Crippen LogP contribution >= 0.6 is 15.9 Å². The van der Waals surface area contributed by atoms with Crippen LogP contribution in [0.25, 0.3) is 5.57 Å². The second kappa shape index (κ2) is 6.59. The largest absolute Gasteiger partial charge is 0.290 e. The zero-order valence-electron chi connectivity index (χ0n) is 10.00. The molecule has 0 amide bonds. The lowest BCUT2D eigenvalue weighted by atomic mass is 10.1. The SMILES string of the molecule is CCN=C(C)/C=C(\CC)c1ccc(Br)cn1. The van der Waals surface area contributed by atoms with Gasteiger partial charge in [-0.2, -0.15) is 0 Å². The number of hydrogen-bond donors (Lipinski definition) is 0. The minimum atomic E-state index is 0.826. The van der Waals surface area contributed by atoms with Gasteiger partial charge in [0.2, 0.25) is 0 Å². The molecule has 0 N–H and O–H groups in total. The maximum Gasteiger partial charge on any atom is 0.0662 e. The first-order chi connectivity index (χ1) is 7.67. The monoisotopic (exact) mass is 280 g/mol. The van der Waals surface area contributed by atoms with Crippen LogP contribution in [0.3, 0.4) is 0 Å². The third kappa shape index (κ3) is 3.89. The summed E-state index contributed by atoms with van der Waals surface area (Å²) in [4.78, 5) is 8.75. The summed E-state index contributed by atoms with van der Waals surface area (Å²) in [7, 11) is 0. The minimum Gasteiger partial charge on any atom is -0.290 e. The Bertz CT molecular complexity index is 391. The van der Waals surface area contributed by atoms with E-state index in [1.165, 1.54) is 5.57 Å². The maximum absolute atomic E-state index is 4.39. The zero-order chi connectivity index (χ0) is 12.0. The lowest BCUT2D eigenvalue weighted by Gasteiger charge is -2.04. The molecule has 86 valence electrons. The number of allylic oxidation sites excluding steroid dienone is 2. The van der Waals surface area contributed by atoms with Gasteiger partial charge in [0.15, 0.2) is 0 Å². The highest BCUT2D eigenvalue weighted by Crippen LogP contribution is 2.17. The van der Waals surface area contributed by atoms with Gasteiger partial charge in [-0.25, -0.2) is 0 Å². The van der Waals surface area contributed by atoms with Crippen molar-refractivity contribution in [1.82, 2.24) is 4.98 Å². The van der Waals surface area contributed by atoms with Crippen LogP contribution in [-0.4, -0.2) is 17.2 Å². The molecule has 0 aliphatic rings. The predicted molar refractivity (Wildman–Crippen MR) is 73.9 cm³/mol. The topological polar surface area (TPSA) is 25.2 Å². The Morgan fingerprint density at radius 1 is 1.44 bits per heavy atom. The highest BCUT2D eigenvalue weighted by molar-refractivity contribution is 9.10. The van der Waals surface area contributed by atoms with Gasteiger partial charge in [-0.15, -0.1) is 0 Å². The Kier molecular flexibility index (Phi) is 5.39. The van der Waals surface area contributed by atoms with Crippen molar-refractivity contribution in [1.29, 1.82) is 0 Å². The molecule has 0 bridgehead atoms. The van der Waals surface area contributed by atoms with Crippen LogP contribution in [0.5, 0.6) is 0 Å². The fourth-order valence-corrected chi connectivity index (χ4v) is 1.70. The van der Waals surface area contributed by atoms with Gasteiger partial charge < -0.3 is 0 Å². The van der Waals surface area contributed by atoms with E-state index in [4.69, 9.17) is 0 Å². The summed E-state index contributed by atoms with van der Waals surface area (Å²) in [6, 6.07) is 4.04. The molecule has 2 nitrogen and oxygen atoms in total. The summed E-state index contributed by atoms with van der Waals surface area (Å²) >= 11 is 3.39. The van der Waals surface area contributed by atoms with Crippen LogP contribution in [0.15, 0.2) is 33.9 Å². The van der Waals surface area contributed by atoms with Gasteiger partial charge in [0.1, 0.15) is 0 Å². The van der Waals surface area contributed by atoms with E-state index in [1.54, 1.807) is 0 Å². The van der Waals surface area contributed by atoms with Crippen molar-refractivity contribution >= 4 is 27.2 Å². The molecule has 3 heteroatoms. The molecule has 0 spiro atoms. The van der Waals surface area contributed by atoms with Crippen LogP contribution in [0.1, 0.15) is 32.9 Å². The predicted octanol–water partition coefficient (Wildman–Crippen LogP) is 4.12. The highest BCUT2D eigenvalue weighted by atomic mass is 79.9. The second-order valence-corrected chi connectivity index (χ2v) is 4.42. The van der Waals surface area contributed by atoms with E-state index < -0.39 is 0 Å². The number of aliphatic imine (C=N–C) groups is 1. The Morgan fingerprint density at radius 2 is 2.19 bits per heavy atom. The highest BCUT2D eigenvalue weighted by Gasteiger charge is 2.01. The van der Waals surface area contributed by atoms with E-state index in [1.807, 2.05) is 32.2 Å². The summed E-state index contributed by atoms with van der Waals surface area (Å²) in [5, 5.41) is 0. The van der Waals surface area contributed by atoms with E-state index in [0.29, 0.717) is 0 Å². The normalized spacial score (nSPS) is 13.0. The van der Waals surface area contributed by atoms with Crippen LogP contribution in [-0.2, 0) is 0 Å². The van der Waals surface area contributed by atoms with Gasteiger partial charge in [-0.1, -0.05) is 6.92 Å². The second-order valence-electron chi connectivity index (χ2n) is 3.50. The Labute approximate surface area is 106 Å². The van der Waals surface area contributed by atoms with E-state index in [2.05, 4.69) is 38.9 Å². The van der Waals surface area contributed by atoms with Crippen molar-refractivity contribution in [2.45, 2.75) is 27.2 Å². The zero-order valence-corrected chi connectivity index (χ0v) is 11.6. The minimum absolute atomic E-state index is 0.826. The molecule has 0 aliphatic carbocycles. The fourth-order valence-electron chi connectivity index (χ4n) is 1.47. The molecule has 1 rings (SSSR count). The van der Waals surface area contributed by atoms with Crippen LogP contribution in [0, 0.1) is 0 Å². The molecule has 0 aliphatic heterocycles. The van der Waals surface area contributed by atoms with Gasteiger partial charge in [0, 0.05) is 22.9 Å². The number of nitrogens with zero attached hydrogens (tertiary/aromatic N) is 2. The number of rotatable bonds is 4. The van der Waals surface area contributed by atoms with Crippen LogP contribution < -0.4 is 0 Å². The molecule has 0 unspecified atom stereocenters. The third-order valence-electron chi connectivity index (χ3n) is 2.23. The van der Waals surface area contributed by atoms with E-state index in [-0.39, 0.29) is 0 Å². The lowest BCUT2D eigenvalue weighted by Crippen LogP contribution is -1.93. The quantitative estimate of drug-likeness (QED) is 0.762. The number of pyridine rings is 1. The summed E-state index contributed by atoms with van der Waals surface area (Å²) in [6.45, 7) is 7.03. The smallest absolute Gasteiger partial charge is 0.0662 e. The summed E-state index contributed by atoms with van der Waals surface area (Å²) < 4.78 is 1.01. The van der Waals surface area contributed by atoms with Gasteiger partial charge in [-0.3, -0.25) is 9.98 Å². The number of halogens is 1. The molecule has 0 aromatic carbocycles. The lowest BCUT2D eigenvalue weighted by molar-refractivity contribution is 1.13. The molecular weight excluding hydrogens is 264 g/mol. The molecule has 16 heavy (non-hydrogen) atoms. The maximum atomic E-state index is 4.39. The Hall–Kier alpha value is -0.960. The molecule has 1 aromatic heterocycles. The molecule has 1 heterocycles. The van der Waals surface area contributed by atoms with Gasteiger partial charge in [0.25, 0.3) is 0 Å². The van der Waals surface area contributed by atoms with Crippen molar-refractivity contribution in [2.24, 2.45) is 4.99 Å². The van der Waals surface area contributed by atoms with Crippen molar-refractivity contribution in [3.8, 4) is 0 Å². The van der Waals surface area contributed by atoms with Crippen molar-refractivity contribution < 1.29 is 0 Å². The molecule has 0 radical (unpaired) electrons. The Balaban J connectivity index is 2.98. The van der Waals surface area contributed by atoms with Crippen molar-refractivity contribution in [3.63, 3.8) is 0 Å². The van der Waals surface area contributed by atoms with E-state index in [9.17, 15) is 0 Å². The molecule has 0 atom stereocenters. The average molecular weight is 281 g/mol. The molecule has 0 saturated carbocycles. The standard InChI is InChI=1S/C13H17BrN2/c1-4-11(8-10(3)15-5-2)13-7-6-12(14)9-16-13/h6-9H,4-5H2,1-3H3/b11-8+,15-10?. The fraction of sp³-hybridized carbons (Fsp3) is 0.385. The van der Waals surface area contributed by atoms with Gasteiger partial charge in [-0.05, 0) is 60.0 Å². The molecule has 0 fully saturated rings. The first-order valence-corrected chi connectivity index (χ1v) is 6.30. The molecule has 1 aromatic rings. The van der Waals surface area contributed by atoms with Gasteiger partial charge >= 0.3 is 0 Å². The summed E-state index contributed by atoms with van der Waals surface area (Å²) in [5.41, 5.74) is 3.31. The van der Waals surface area contributed by atoms with Crippen molar-refractivity contribution in [3.05, 3.63) is 34.6 Å². The first kappa shape index (κ1) is 13.1. The molecular formula is C13H17BrN2. The molecule has 0 saturated heterocycles. The first-order valence-electron chi connectivity index (χ1n) is 5.51. The van der Waals surface area contributed by atoms with Crippen molar-refractivity contribution in [2.75, 3.05) is 6.54 Å². The average Bonchev–Trinajstić information content (AvgIpc) is 2.27.